The van der Waals surface area contributed by atoms with E-state index in [0.717, 1.165) is 36.5 Å². The molecule has 0 aromatic heterocycles. The first kappa shape index (κ1) is 30.8. The zero-order valence-corrected chi connectivity index (χ0v) is 22.8. The van der Waals surface area contributed by atoms with Gasteiger partial charge in [0.25, 0.3) is 0 Å². The highest BCUT2D eigenvalue weighted by Gasteiger charge is 2.06. The summed E-state index contributed by atoms with van der Waals surface area (Å²) in [6, 6.07) is 5.84. The smallest absolute Gasteiger partial charge is 0.128 e. The molecule has 0 atom stereocenters. The highest BCUT2D eigenvalue weighted by molar-refractivity contribution is 5.40. The van der Waals surface area contributed by atoms with Gasteiger partial charge >= 0.3 is 0 Å². The average molecular weight is 477 g/mol. The quantitative estimate of drug-likeness (QED) is 0.143. The van der Waals surface area contributed by atoms with Crippen LogP contribution in [0.4, 0.5) is 0 Å². The Morgan fingerprint density at radius 3 is 1.38 bits per heavy atom. The minimum Gasteiger partial charge on any atom is -0.493 e. The van der Waals surface area contributed by atoms with Crippen molar-refractivity contribution in [1.29, 1.82) is 0 Å². The molecule has 0 aliphatic heterocycles. The molecular weight excluding hydrogens is 420 g/mol. The van der Waals surface area contributed by atoms with Crippen LogP contribution < -0.4 is 9.47 Å². The minimum atomic E-state index is 0.00604. The van der Waals surface area contributed by atoms with Crippen LogP contribution in [0.1, 0.15) is 148 Å². The summed E-state index contributed by atoms with van der Waals surface area (Å²) in [6.07, 6.45) is 26.5. The molecule has 0 aliphatic carbocycles. The molecule has 1 N–H and O–H groups in total. The molecule has 198 valence electrons. The van der Waals surface area contributed by atoms with E-state index in [1.807, 2.05) is 18.2 Å². The molecule has 3 nitrogen and oxygen atoms in total. The number of unbranched alkanes of at least 4 members (excludes halogenated alkanes) is 18. The van der Waals surface area contributed by atoms with Crippen molar-refractivity contribution in [2.75, 3.05) is 13.2 Å². The van der Waals surface area contributed by atoms with Crippen LogP contribution in [-0.2, 0) is 6.61 Å². The largest absolute Gasteiger partial charge is 0.493 e. The lowest BCUT2D eigenvalue weighted by atomic mass is 10.1. The first-order valence-electron chi connectivity index (χ1n) is 14.8. The third-order valence-corrected chi connectivity index (χ3v) is 6.73. The van der Waals surface area contributed by atoms with Crippen LogP contribution in [0.5, 0.6) is 11.5 Å². The van der Waals surface area contributed by atoms with Crippen molar-refractivity contribution in [2.24, 2.45) is 0 Å². The number of ether oxygens (including phenoxy) is 2. The average Bonchev–Trinajstić information content (AvgIpc) is 2.86. The van der Waals surface area contributed by atoms with Gasteiger partial charge in [-0.25, -0.2) is 0 Å². The minimum absolute atomic E-state index is 0.00604. The molecule has 0 saturated carbocycles. The van der Waals surface area contributed by atoms with Gasteiger partial charge in [0.2, 0.25) is 0 Å². The molecule has 0 heterocycles. The summed E-state index contributed by atoms with van der Waals surface area (Å²) in [4.78, 5) is 0. The molecule has 1 aromatic rings. The first-order valence-corrected chi connectivity index (χ1v) is 14.8. The van der Waals surface area contributed by atoms with Crippen molar-refractivity contribution in [3.63, 3.8) is 0 Å². The molecule has 0 spiro atoms. The molecule has 0 amide bonds. The van der Waals surface area contributed by atoms with E-state index in [1.54, 1.807) is 0 Å². The van der Waals surface area contributed by atoms with Crippen LogP contribution in [0.15, 0.2) is 18.2 Å². The van der Waals surface area contributed by atoms with Crippen molar-refractivity contribution in [1.82, 2.24) is 0 Å². The molecule has 0 unspecified atom stereocenters. The predicted octanol–water partition coefficient (Wildman–Crippen LogP) is 9.78. The van der Waals surface area contributed by atoms with E-state index >= 15 is 0 Å². The van der Waals surface area contributed by atoms with Crippen LogP contribution in [0.2, 0.25) is 0 Å². The Bertz CT molecular complexity index is 558. The van der Waals surface area contributed by atoms with Gasteiger partial charge in [-0.1, -0.05) is 129 Å². The summed E-state index contributed by atoms with van der Waals surface area (Å²) >= 11 is 0. The maximum atomic E-state index is 9.64. The highest BCUT2D eigenvalue weighted by Crippen LogP contribution is 2.26. The molecule has 3 heteroatoms. The molecule has 34 heavy (non-hydrogen) atoms. The highest BCUT2D eigenvalue weighted by atomic mass is 16.5. The predicted molar refractivity (Wildman–Crippen MR) is 147 cm³/mol. The molecule has 1 aromatic carbocycles. The summed E-state index contributed by atoms with van der Waals surface area (Å²) < 4.78 is 12.0. The lowest BCUT2D eigenvalue weighted by Crippen LogP contribution is -2.02. The van der Waals surface area contributed by atoms with Gasteiger partial charge in [0.15, 0.2) is 0 Å². The molecule has 0 fully saturated rings. The van der Waals surface area contributed by atoms with Crippen molar-refractivity contribution < 1.29 is 14.6 Å². The number of rotatable bonds is 25. The number of hydrogen-bond donors (Lipinski definition) is 1. The van der Waals surface area contributed by atoms with E-state index in [9.17, 15) is 5.11 Å². The molecule has 0 saturated heterocycles. The summed E-state index contributed by atoms with van der Waals surface area (Å²) in [5.74, 6) is 1.63. The van der Waals surface area contributed by atoms with Crippen molar-refractivity contribution in [3.8, 4) is 11.5 Å². The van der Waals surface area contributed by atoms with E-state index < -0.39 is 0 Å². The third kappa shape index (κ3) is 17.2. The fraction of sp³-hybridized carbons (Fsp3) is 0.806. The first-order chi connectivity index (χ1) is 16.8. The van der Waals surface area contributed by atoms with Gasteiger partial charge in [-0.15, -0.1) is 0 Å². The van der Waals surface area contributed by atoms with E-state index in [0.29, 0.717) is 6.61 Å². The van der Waals surface area contributed by atoms with Crippen LogP contribution >= 0.6 is 0 Å². The Labute approximate surface area is 212 Å². The number of aliphatic hydroxyl groups excluding tert-OH is 1. The van der Waals surface area contributed by atoms with Gasteiger partial charge in [-0.2, -0.15) is 0 Å². The lowest BCUT2D eigenvalue weighted by Gasteiger charge is -2.13. The third-order valence-electron chi connectivity index (χ3n) is 6.73. The number of hydrogen-bond acceptors (Lipinski definition) is 3. The standard InChI is InChI=1S/C31H56O3/c1-3-5-7-9-11-13-15-17-19-21-25-33-30-24-23-29(28-32)31(27-30)34-26-22-20-18-16-14-12-10-8-6-4-2/h23-24,27,32H,3-22,25-26,28H2,1-2H3. The van der Waals surface area contributed by atoms with Gasteiger partial charge in [0.05, 0.1) is 19.8 Å². The topological polar surface area (TPSA) is 38.7 Å². The molecule has 0 aliphatic rings. The van der Waals surface area contributed by atoms with E-state index in [1.165, 1.54) is 116 Å². The second-order valence-electron chi connectivity index (χ2n) is 9.99. The zero-order chi connectivity index (χ0) is 24.5. The van der Waals surface area contributed by atoms with Crippen molar-refractivity contribution >= 4 is 0 Å². The monoisotopic (exact) mass is 476 g/mol. The maximum Gasteiger partial charge on any atom is 0.128 e. The molecular formula is C31H56O3. The van der Waals surface area contributed by atoms with Crippen LogP contribution in [0.25, 0.3) is 0 Å². The van der Waals surface area contributed by atoms with Gasteiger partial charge in [-0.05, 0) is 25.0 Å². The zero-order valence-electron chi connectivity index (χ0n) is 22.8. The molecule has 0 radical (unpaired) electrons. The normalized spacial score (nSPS) is 11.1. The Morgan fingerprint density at radius 1 is 0.529 bits per heavy atom. The molecule has 0 bridgehead atoms. The van der Waals surface area contributed by atoms with Gasteiger partial charge in [0, 0.05) is 11.6 Å². The van der Waals surface area contributed by atoms with Crippen LogP contribution in [0.3, 0.4) is 0 Å². The van der Waals surface area contributed by atoms with Crippen molar-refractivity contribution in [3.05, 3.63) is 23.8 Å². The Morgan fingerprint density at radius 2 is 0.941 bits per heavy atom. The maximum absolute atomic E-state index is 9.64. The van der Waals surface area contributed by atoms with E-state index in [4.69, 9.17) is 9.47 Å². The summed E-state index contributed by atoms with van der Waals surface area (Å²) in [6.45, 7) is 6.02. The second kappa shape index (κ2) is 23.5. The van der Waals surface area contributed by atoms with Gasteiger partial charge in [0.1, 0.15) is 11.5 Å². The van der Waals surface area contributed by atoms with E-state index in [2.05, 4.69) is 13.8 Å². The van der Waals surface area contributed by atoms with Crippen LogP contribution in [0, 0.1) is 0 Å². The van der Waals surface area contributed by atoms with Crippen LogP contribution in [-0.4, -0.2) is 18.3 Å². The molecule has 1 rings (SSSR count). The van der Waals surface area contributed by atoms with E-state index in [-0.39, 0.29) is 6.61 Å². The van der Waals surface area contributed by atoms with Crippen molar-refractivity contribution in [2.45, 2.75) is 149 Å². The SMILES string of the molecule is CCCCCCCCCCCCOc1ccc(CO)c(OCCCCCCCCCCCC)c1. The summed E-state index contributed by atoms with van der Waals surface area (Å²) in [7, 11) is 0. The Kier molecular flexibility index (Phi) is 21.3. The fourth-order valence-corrected chi connectivity index (χ4v) is 4.44. The summed E-state index contributed by atoms with van der Waals surface area (Å²) in [5.41, 5.74) is 0.846. The Balaban J connectivity index is 2.10. The fourth-order valence-electron chi connectivity index (χ4n) is 4.44. The lowest BCUT2D eigenvalue weighted by molar-refractivity contribution is 0.257. The second-order valence-corrected chi connectivity index (χ2v) is 9.99. The number of aliphatic hydroxyl groups is 1. The van der Waals surface area contributed by atoms with Gasteiger partial charge < -0.3 is 14.6 Å². The summed E-state index contributed by atoms with van der Waals surface area (Å²) in [5, 5.41) is 9.64. The van der Waals surface area contributed by atoms with Gasteiger partial charge in [-0.3, -0.25) is 0 Å². The Hall–Kier alpha value is -1.22. The number of benzene rings is 1.